The standard InChI is InChI=1S/C9H7N3O2S/c1-3-6-7(12(13)14)4-10-9-8(6)11-5(2)15-9/h3-4H,1H2,2H3. The van der Waals surface area contributed by atoms with Gasteiger partial charge in [-0.2, -0.15) is 0 Å². The number of aryl methyl sites for hydroxylation is 1. The van der Waals surface area contributed by atoms with Gasteiger partial charge in [-0.25, -0.2) is 9.97 Å². The molecule has 0 spiro atoms. The molecule has 0 aliphatic rings. The molecular weight excluding hydrogens is 214 g/mol. The van der Waals surface area contributed by atoms with Crippen molar-refractivity contribution in [2.24, 2.45) is 0 Å². The molecule has 0 fully saturated rings. The third-order valence-corrected chi connectivity index (χ3v) is 2.83. The van der Waals surface area contributed by atoms with Gasteiger partial charge in [-0.3, -0.25) is 10.1 Å². The van der Waals surface area contributed by atoms with E-state index in [2.05, 4.69) is 16.5 Å². The molecule has 0 saturated heterocycles. The minimum Gasteiger partial charge on any atom is -0.258 e. The lowest BCUT2D eigenvalue weighted by Crippen LogP contribution is -1.93. The molecule has 2 aromatic heterocycles. The predicted molar refractivity (Wildman–Crippen MR) is 58.9 cm³/mol. The Bertz CT molecular complexity index is 562. The van der Waals surface area contributed by atoms with E-state index in [0.29, 0.717) is 15.9 Å². The monoisotopic (exact) mass is 221 g/mol. The van der Waals surface area contributed by atoms with Gasteiger partial charge in [0.15, 0.2) is 0 Å². The van der Waals surface area contributed by atoms with E-state index in [1.807, 2.05) is 6.92 Å². The maximum absolute atomic E-state index is 10.7. The number of pyridine rings is 1. The van der Waals surface area contributed by atoms with Crippen LogP contribution in [-0.2, 0) is 0 Å². The van der Waals surface area contributed by atoms with Crippen LogP contribution in [0.15, 0.2) is 12.8 Å². The van der Waals surface area contributed by atoms with Gasteiger partial charge in [-0.15, -0.1) is 0 Å². The van der Waals surface area contributed by atoms with Gasteiger partial charge in [-0.05, 0) is 6.92 Å². The van der Waals surface area contributed by atoms with Crippen LogP contribution in [0.4, 0.5) is 5.69 Å². The highest BCUT2D eigenvalue weighted by Crippen LogP contribution is 2.29. The van der Waals surface area contributed by atoms with Gasteiger partial charge in [0.2, 0.25) is 0 Å². The summed E-state index contributed by atoms with van der Waals surface area (Å²) < 4.78 is 0. The lowest BCUT2D eigenvalue weighted by Gasteiger charge is -1.96. The van der Waals surface area contributed by atoms with Gasteiger partial charge < -0.3 is 0 Å². The average Bonchev–Trinajstić information content (AvgIpc) is 2.55. The van der Waals surface area contributed by atoms with E-state index in [1.165, 1.54) is 23.6 Å². The van der Waals surface area contributed by atoms with Crippen molar-refractivity contribution in [3.8, 4) is 0 Å². The van der Waals surface area contributed by atoms with Crippen LogP contribution < -0.4 is 0 Å². The first-order chi connectivity index (χ1) is 7.13. The molecule has 0 aromatic carbocycles. The fraction of sp³-hybridized carbons (Fsp3) is 0.111. The van der Waals surface area contributed by atoms with Crippen molar-refractivity contribution in [1.82, 2.24) is 9.97 Å². The molecule has 0 bridgehead atoms. The van der Waals surface area contributed by atoms with Gasteiger partial charge in [0.25, 0.3) is 5.69 Å². The normalized spacial score (nSPS) is 10.5. The first-order valence-corrected chi connectivity index (χ1v) is 4.98. The Kier molecular flexibility index (Phi) is 2.20. The summed E-state index contributed by atoms with van der Waals surface area (Å²) in [5, 5.41) is 11.6. The third-order valence-electron chi connectivity index (χ3n) is 1.95. The van der Waals surface area contributed by atoms with Crippen molar-refractivity contribution in [1.29, 1.82) is 0 Å². The quantitative estimate of drug-likeness (QED) is 0.577. The second-order valence-electron chi connectivity index (χ2n) is 2.90. The molecule has 0 atom stereocenters. The van der Waals surface area contributed by atoms with E-state index in [1.54, 1.807) is 0 Å². The zero-order valence-corrected chi connectivity index (χ0v) is 8.74. The summed E-state index contributed by atoms with van der Waals surface area (Å²) in [4.78, 5) is 19.2. The fourth-order valence-corrected chi connectivity index (χ4v) is 2.11. The summed E-state index contributed by atoms with van der Waals surface area (Å²) in [6, 6.07) is 0. The van der Waals surface area contributed by atoms with Crippen LogP contribution in [0.2, 0.25) is 0 Å². The molecule has 2 heterocycles. The van der Waals surface area contributed by atoms with E-state index >= 15 is 0 Å². The maximum atomic E-state index is 10.7. The van der Waals surface area contributed by atoms with Gasteiger partial charge >= 0.3 is 0 Å². The van der Waals surface area contributed by atoms with Gasteiger partial charge in [-0.1, -0.05) is 24.0 Å². The molecule has 6 heteroatoms. The second-order valence-corrected chi connectivity index (χ2v) is 4.09. The number of hydrogen-bond acceptors (Lipinski definition) is 5. The van der Waals surface area contributed by atoms with E-state index in [9.17, 15) is 10.1 Å². The predicted octanol–water partition coefficient (Wildman–Crippen LogP) is 2.55. The number of hydrogen-bond donors (Lipinski definition) is 0. The van der Waals surface area contributed by atoms with E-state index in [4.69, 9.17) is 0 Å². The topological polar surface area (TPSA) is 68.9 Å². The number of nitro groups is 1. The Hall–Kier alpha value is -1.82. The molecule has 15 heavy (non-hydrogen) atoms. The van der Waals surface area contributed by atoms with Crippen molar-refractivity contribution < 1.29 is 4.92 Å². The van der Waals surface area contributed by atoms with Crippen LogP contribution in [0.3, 0.4) is 0 Å². The highest BCUT2D eigenvalue weighted by atomic mass is 32.1. The molecule has 0 saturated carbocycles. The number of fused-ring (bicyclic) bond motifs is 1. The molecule has 0 unspecified atom stereocenters. The number of rotatable bonds is 2. The summed E-state index contributed by atoms with van der Waals surface area (Å²) >= 11 is 1.41. The first-order valence-electron chi connectivity index (χ1n) is 4.16. The van der Waals surface area contributed by atoms with Crippen molar-refractivity contribution in [2.45, 2.75) is 6.92 Å². The van der Waals surface area contributed by atoms with Crippen LogP contribution in [-0.4, -0.2) is 14.9 Å². The molecule has 0 amide bonds. The molecule has 0 N–H and O–H groups in total. The average molecular weight is 221 g/mol. The Morgan fingerprint density at radius 1 is 1.67 bits per heavy atom. The summed E-state index contributed by atoms with van der Waals surface area (Å²) in [6.45, 7) is 5.40. The molecule has 0 radical (unpaired) electrons. The Morgan fingerprint density at radius 3 is 3.00 bits per heavy atom. The smallest absolute Gasteiger partial charge is 0.258 e. The van der Waals surface area contributed by atoms with Gasteiger partial charge in [0.1, 0.15) is 16.5 Å². The number of nitrogens with zero attached hydrogens (tertiary/aromatic N) is 3. The van der Waals surface area contributed by atoms with E-state index in [-0.39, 0.29) is 5.69 Å². The van der Waals surface area contributed by atoms with Crippen LogP contribution in [0.25, 0.3) is 16.4 Å². The van der Waals surface area contributed by atoms with Crippen molar-refractivity contribution >= 4 is 33.4 Å². The van der Waals surface area contributed by atoms with Crippen molar-refractivity contribution in [3.05, 3.63) is 33.5 Å². The van der Waals surface area contributed by atoms with Crippen LogP contribution in [0.5, 0.6) is 0 Å². The van der Waals surface area contributed by atoms with Crippen molar-refractivity contribution in [3.63, 3.8) is 0 Å². The molecule has 2 aromatic rings. The highest BCUT2D eigenvalue weighted by molar-refractivity contribution is 7.18. The largest absolute Gasteiger partial charge is 0.296 e. The molecule has 0 aliphatic carbocycles. The summed E-state index contributed by atoms with van der Waals surface area (Å²) in [5.41, 5.74) is 0.943. The Balaban J connectivity index is 2.86. The van der Waals surface area contributed by atoms with Gasteiger partial charge in [0, 0.05) is 0 Å². The molecule has 76 valence electrons. The molecule has 2 rings (SSSR count). The minimum absolute atomic E-state index is 0.0530. The van der Waals surface area contributed by atoms with Crippen LogP contribution >= 0.6 is 11.3 Å². The van der Waals surface area contributed by atoms with E-state index < -0.39 is 4.92 Å². The molecular formula is C9H7N3O2S. The summed E-state index contributed by atoms with van der Waals surface area (Å²) in [7, 11) is 0. The number of thiazole rings is 1. The lowest BCUT2D eigenvalue weighted by molar-refractivity contribution is -0.385. The lowest BCUT2D eigenvalue weighted by atomic mass is 10.2. The van der Waals surface area contributed by atoms with Crippen molar-refractivity contribution in [2.75, 3.05) is 0 Å². The zero-order chi connectivity index (χ0) is 11.0. The highest BCUT2D eigenvalue weighted by Gasteiger charge is 2.17. The molecule has 0 aliphatic heterocycles. The summed E-state index contributed by atoms with van der Waals surface area (Å²) in [6.07, 6.45) is 2.69. The summed E-state index contributed by atoms with van der Waals surface area (Å²) in [5.74, 6) is 0. The fourth-order valence-electron chi connectivity index (χ4n) is 1.34. The van der Waals surface area contributed by atoms with E-state index in [0.717, 1.165) is 5.01 Å². The first kappa shape index (κ1) is 9.72. The second kappa shape index (κ2) is 3.39. The Labute approximate surface area is 89.3 Å². The zero-order valence-electron chi connectivity index (χ0n) is 7.93. The molecule has 5 nitrogen and oxygen atoms in total. The van der Waals surface area contributed by atoms with Crippen LogP contribution in [0, 0.1) is 17.0 Å². The van der Waals surface area contributed by atoms with Gasteiger partial charge in [0.05, 0.1) is 15.5 Å². The maximum Gasteiger partial charge on any atom is 0.296 e. The SMILES string of the molecule is C=Cc1c([N+](=O)[O-])cnc2sc(C)nc12. The third kappa shape index (κ3) is 1.48. The minimum atomic E-state index is -0.474. The Morgan fingerprint density at radius 2 is 2.40 bits per heavy atom. The number of aromatic nitrogens is 2. The van der Waals surface area contributed by atoms with Crippen LogP contribution in [0.1, 0.15) is 10.6 Å².